The summed E-state index contributed by atoms with van der Waals surface area (Å²) in [6, 6.07) is 3.71. The summed E-state index contributed by atoms with van der Waals surface area (Å²) in [6.45, 7) is 6.14. The summed E-state index contributed by atoms with van der Waals surface area (Å²) < 4.78 is 7.62. The molecule has 1 aromatic rings. The number of piperazine rings is 1. The molecule has 1 aliphatic heterocycles. The molecule has 0 saturated carbocycles. The third kappa shape index (κ3) is 4.34. The van der Waals surface area contributed by atoms with Crippen molar-refractivity contribution in [1.29, 1.82) is 0 Å². The molecule has 0 bridgehead atoms. The van der Waals surface area contributed by atoms with Gasteiger partial charge in [-0.25, -0.2) is 0 Å². The van der Waals surface area contributed by atoms with Crippen molar-refractivity contribution >= 4 is 37.5 Å². The van der Waals surface area contributed by atoms with Crippen molar-refractivity contribution in [3.8, 4) is 5.75 Å². The smallest absolute Gasteiger partial charge is 0.147 e. The number of benzene rings is 1. The molecule has 1 aromatic carbocycles. The van der Waals surface area contributed by atoms with E-state index in [4.69, 9.17) is 10.5 Å². The number of rotatable bonds is 4. The Bertz CT molecular complexity index is 411. The zero-order chi connectivity index (χ0) is 13.8. The summed E-state index contributed by atoms with van der Waals surface area (Å²) in [5.41, 5.74) is 6.47. The van der Waals surface area contributed by atoms with Gasteiger partial charge in [-0.3, -0.25) is 4.90 Å². The zero-order valence-corrected chi connectivity index (χ0v) is 14.2. The summed E-state index contributed by atoms with van der Waals surface area (Å²) in [4.78, 5) is 4.78. The lowest BCUT2D eigenvalue weighted by atomic mass is 10.3. The van der Waals surface area contributed by atoms with Crippen LogP contribution in [0.2, 0.25) is 0 Å². The van der Waals surface area contributed by atoms with Gasteiger partial charge in [0, 0.05) is 38.4 Å². The van der Waals surface area contributed by atoms with E-state index in [1.165, 1.54) is 0 Å². The van der Waals surface area contributed by atoms with Gasteiger partial charge >= 0.3 is 0 Å². The number of nitrogen functional groups attached to an aromatic ring is 1. The highest BCUT2D eigenvalue weighted by Gasteiger charge is 2.14. The minimum atomic E-state index is 0.685. The standard InChI is InChI=1S/C13H19Br2N3O/c1-17-2-4-18(5-3-17)6-7-19-13-11(14)8-10(16)9-12(13)15/h8-9H,2-7,16H2,1H3. The van der Waals surface area contributed by atoms with Gasteiger partial charge < -0.3 is 15.4 Å². The van der Waals surface area contributed by atoms with Gasteiger partial charge in [0.25, 0.3) is 0 Å². The molecule has 0 radical (unpaired) electrons. The van der Waals surface area contributed by atoms with Crippen molar-refractivity contribution in [2.24, 2.45) is 0 Å². The van der Waals surface area contributed by atoms with Gasteiger partial charge in [0.05, 0.1) is 8.95 Å². The zero-order valence-electron chi connectivity index (χ0n) is 11.0. The van der Waals surface area contributed by atoms with E-state index in [0.717, 1.165) is 47.4 Å². The van der Waals surface area contributed by atoms with Gasteiger partial charge in [-0.1, -0.05) is 0 Å². The van der Waals surface area contributed by atoms with Crippen LogP contribution in [-0.4, -0.2) is 56.2 Å². The van der Waals surface area contributed by atoms with Crippen molar-refractivity contribution in [2.45, 2.75) is 0 Å². The lowest BCUT2D eigenvalue weighted by molar-refractivity contribution is 0.133. The molecule has 2 N–H and O–H groups in total. The van der Waals surface area contributed by atoms with E-state index in [2.05, 4.69) is 48.7 Å². The molecule has 0 aromatic heterocycles. The predicted octanol–water partition coefficient (Wildman–Crippen LogP) is 2.42. The summed E-state index contributed by atoms with van der Waals surface area (Å²) >= 11 is 6.95. The van der Waals surface area contributed by atoms with Crippen LogP contribution in [0.1, 0.15) is 0 Å². The minimum Gasteiger partial charge on any atom is -0.490 e. The van der Waals surface area contributed by atoms with Crippen molar-refractivity contribution in [1.82, 2.24) is 9.80 Å². The molecule has 1 saturated heterocycles. The van der Waals surface area contributed by atoms with Gasteiger partial charge in [-0.15, -0.1) is 0 Å². The molecular formula is C13H19Br2N3O. The highest BCUT2D eigenvalue weighted by Crippen LogP contribution is 2.35. The average Bonchev–Trinajstić information content (AvgIpc) is 2.34. The summed E-state index contributed by atoms with van der Waals surface area (Å²) in [7, 11) is 2.16. The highest BCUT2D eigenvalue weighted by molar-refractivity contribution is 9.11. The number of ether oxygens (including phenoxy) is 1. The second kappa shape index (κ2) is 6.92. The molecule has 0 amide bonds. The van der Waals surface area contributed by atoms with Gasteiger partial charge in [0.15, 0.2) is 0 Å². The Morgan fingerprint density at radius 2 is 1.74 bits per heavy atom. The Morgan fingerprint density at radius 1 is 1.16 bits per heavy atom. The molecule has 4 nitrogen and oxygen atoms in total. The number of halogens is 2. The first-order chi connectivity index (χ1) is 9.06. The Morgan fingerprint density at radius 3 is 2.32 bits per heavy atom. The van der Waals surface area contributed by atoms with Crippen LogP contribution in [0, 0.1) is 0 Å². The van der Waals surface area contributed by atoms with Crippen molar-refractivity contribution in [3.63, 3.8) is 0 Å². The van der Waals surface area contributed by atoms with E-state index < -0.39 is 0 Å². The monoisotopic (exact) mass is 391 g/mol. The first kappa shape index (κ1) is 15.1. The SMILES string of the molecule is CN1CCN(CCOc2c(Br)cc(N)cc2Br)CC1. The fourth-order valence-corrected chi connectivity index (χ4v) is 3.52. The molecular weight excluding hydrogens is 374 g/mol. The molecule has 1 aliphatic rings. The lowest BCUT2D eigenvalue weighted by Gasteiger charge is -2.32. The van der Waals surface area contributed by atoms with E-state index in [-0.39, 0.29) is 0 Å². The van der Waals surface area contributed by atoms with Crippen LogP contribution in [0.4, 0.5) is 5.69 Å². The van der Waals surface area contributed by atoms with Crippen LogP contribution in [0.3, 0.4) is 0 Å². The Labute approximate surface area is 131 Å². The van der Waals surface area contributed by atoms with Gasteiger partial charge in [-0.05, 0) is 51.0 Å². The quantitative estimate of drug-likeness (QED) is 0.799. The number of hydrogen-bond acceptors (Lipinski definition) is 4. The maximum atomic E-state index is 5.85. The van der Waals surface area contributed by atoms with E-state index in [0.29, 0.717) is 12.3 Å². The maximum Gasteiger partial charge on any atom is 0.147 e. The van der Waals surface area contributed by atoms with Crippen LogP contribution in [0.25, 0.3) is 0 Å². The average molecular weight is 393 g/mol. The van der Waals surface area contributed by atoms with Gasteiger partial charge in [-0.2, -0.15) is 0 Å². The molecule has 1 fully saturated rings. The third-order valence-electron chi connectivity index (χ3n) is 3.27. The number of nitrogens with two attached hydrogens (primary N) is 1. The third-order valence-corrected chi connectivity index (χ3v) is 4.45. The summed E-state index contributed by atoms with van der Waals surface area (Å²) in [5.74, 6) is 0.823. The Balaban J connectivity index is 1.83. The van der Waals surface area contributed by atoms with Crippen LogP contribution < -0.4 is 10.5 Å². The van der Waals surface area contributed by atoms with Gasteiger partial charge in [0.2, 0.25) is 0 Å². The summed E-state index contributed by atoms with van der Waals surface area (Å²) in [6.07, 6.45) is 0. The highest BCUT2D eigenvalue weighted by atomic mass is 79.9. The van der Waals surface area contributed by atoms with E-state index in [1.807, 2.05) is 12.1 Å². The van der Waals surface area contributed by atoms with Crippen LogP contribution in [-0.2, 0) is 0 Å². The molecule has 0 atom stereocenters. The van der Waals surface area contributed by atoms with E-state index in [1.54, 1.807) is 0 Å². The molecule has 106 valence electrons. The second-order valence-electron chi connectivity index (χ2n) is 4.81. The number of hydrogen-bond donors (Lipinski definition) is 1. The molecule has 6 heteroatoms. The number of likely N-dealkylation sites (N-methyl/N-ethyl adjacent to an activating group) is 1. The van der Waals surface area contributed by atoms with Crippen molar-refractivity contribution < 1.29 is 4.74 Å². The Hall–Kier alpha value is -0.300. The molecule has 0 spiro atoms. The second-order valence-corrected chi connectivity index (χ2v) is 6.52. The minimum absolute atomic E-state index is 0.685. The van der Waals surface area contributed by atoms with Crippen LogP contribution >= 0.6 is 31.9 Å². The molecule has 0 aliphatic carbocycles. The van der Waals surface area contributed by atoms with E-state index >= 15 is 0 Å². The summed E-state index contributed by atoms with van der Waals surface area (Å²) in [5, 5.41) is 0. The number of anilines is 1. The van der Waals surface area contributed by atoms with Crippen LogP contribution in [0.15, 0.2) is 21.1 Å². The van der Waals surface area contributed by atoms with Gasteiger partial charge in [0.1, 0.15) is 12.4 Å². The maximum absolute atomic E-state index is 5.85. The topological polar surface area (TPSA) is 41.7 Å². The first-order valence-electron chi connectivity index (χ1n) is 6.34. The van der Waals surface area contributed by atoms with E-state index in [9.17, 15) is 0 Å². The molecule has 2 rings (SSSR count). The first-order valence-corrected chi connectivity index (χ1v) is 7.93. The largest absolute Gasteiger partial charge is 0.490 e. The molecule has 0 unspecified atom stereocenters. The molecule has 19 heavy (non-hydrogen) atoms. The molecule has 1 heterocycles. The Kier molecular flexibility index (Phi) is 5.50. The van der Waals surface area contributed by atoms with Crippen molar-refractivity contribution in [3.05, 3.63) is 21.1 Å². The van der Waals surface area contributed by atoms with Crippen molar-refractivity contribution in [2.75, 3.05) is 52.1 Å². The fraction of sp³-hybridized carbons (Fsp3) is 0.538. The normalized spacial score (nSPS) is 17.6. The lowest BCUT2D eigenvalue weighted by Crippen LogP contribution is -2.45. The van der Waals surface area contributed by atoms with Crippen LogP contribution in [0.5, 0.6) is 5.75 Å². The number of nitrogens with zero attached hydrogens (tertiary/aromatic N) is 2. The predicted molar refractivity (Wildman–Crippen MR) is 85.7 cm³/mol. The fourth-order valence-electron chi connectivity index (χ4n) is 2.07.